The summed E-state index contributed by atoms with van der Waals surface area (Å²) in [4.78, 5) is 17.3. The molecule has 2 aromatic rings. The highest BCUT2D eigenvalue weighted by Crippen LogP contribution is 2.38. The third-order valence-corrected chi connectivity index (χ3v) is 5.88. The lowest BCUT2D eigenvalue weighted by atomic mass is 9.77. The smallest absolute Gasteiger partial charge is 0.253 e. The minimum Gasteiger partial charge on any atom is -0.339 e. The van der Waals surface area contributed by atoms with Crippen LogP contribution >= 0.6 is 0 Å². The highest BCUT2D eigenvalue weighted by molar-refractivity contribution is 5.94. The van der Waals surface area contributed by atoms with E-state index >= 15 is 0 Å². The third-order valence-electron chi connectivity index (χ3n) is 5.88. The molecule has 0 saturated carbocycles. The SMILES string of the molecule is CN(C(=O)c1ccc(-n2cnnn2)cc1)C1CC(C)(C)N(C)C(C)(C)C1. The van der Waals surface area contributed by atoms with Crippen molar-refractivity contribution in [2.24, 2.45) is 0 Å². The molecule has 3 rings (SSSR count). The molecule has 2 heterocycles. The van der Waals surface area contributed by atoms with Crippen LogP contribution in [0.1, 0.15) is 50.9 Å². The molecule has 0 spiro atoms. The van der Waals surface area contributed by atoms with Gasteiger partial charge >= 0.3 is 0 Å². The first-order valence-electron chi connectivity index (χ1n) is 8.96. The number of carbonyl (C=O) groups excluding carboxylic acids is 1. The maximum Gasteiger partial charge on any atom is 0.253 e. The number of piperidine rings is 1. The Bertz CT molecular complexity index is 748. The third kappa shape index (κ3) is 3.35. The molecular weight excluding hydrogens is 328 g/mol. The van der Waals surface area contributed by atoms with Crippen molar-refractivity contribution in [3.8, 4) is 5.69 Å². The number of hydrogen-bond donors (Lipinski definition) is 0. The van der Waals surface area contributed by atoms with Gasteiger partial charge in [-0.15, -0.1) is 5.10 Å². The molecule has 1 aromatic carbocycles. The molecule has 0 bridgehead atoms. The second-order valence-electron chi connectivity index (χ2n) is 8.46. The van der Waals surface area contributed by atoms with E-state index in [1.54, 1.807) is 4.68 Å². The monoisotopic (exact) mass is 356 g/mol. The van der Waals surface area contributed by atoms with Gasteiger partial charge in [0.15, 0.2) is 0 Å². The van der Waals surface area contributed by atoms with E-state index in [1.807, 2.05) is 36.2 Å². The number of hydrogen-bond acceptors (Lipinski definition) is 5. The van der Waals surface area contributed by atoms with Crippen LogP contribution in [0.15, 0.2) is 30.6 Å². The molecule has 0 aliphatic carbocycles. The molecule has 7 heteroatoms. The second-order valence-corrected chi connectivity index (χ2v) is 8.46. The summed E-state index contributed by atoms with van der Waals surface area (Å²) in [7, 11) is 4.09. The van der Waals surface area contributed by atoms with Gasteiger partial charge in [0.05, 0.1) is 5.69 Å². The van der Waals surface area contributed by atoms with Gasteiger partial charge in [-0.3, -0.25) is 9.69 Å². The van der Waals surface area contributed by atoms with Gasteiger partial charge in [-0.1, -0.05) is 0 Å². The zero-order valence-corrected chi connectivity index (χ0v) is 16.5. The van der Waals surface area contributed by atoms with E-state index in [2.05, 4.69) is 55.2 Å². The van der Waals surface area contributed by atoms with E-state index in [9.17, 15) is 4.79 Å². The molecule has 1 aliphatic heterocycles. The minimum atomic E-state index is 0.0465. The molecule has 1 aliphatic rings. The first kappa shape index (κ1) is 18.5. The average molecular weight is 356 g/mol. The van der Waals surface area contributed by atoms with Crippen molar-refractivity contribution in [1.29, 1.82) is 0 Å². The molecule has 1 aromatic heterocycles. The van der Waals surface area contributed by atoms with Gasteiger partial charge in [0.2, 0.25) is 0 Å². The normalized spacial score (nSPS) is 20.1. The fourth-order valence-corrected chi connectivity index (χ4v) is 4.00. The van der Waals surface area contributed by atoms with Crippen LogP contribution in [0.3, 0.4) is 0 Å². The van der Waals surface area contributed by atoms with Crippen molar-refractivity contribution in [1.82, 2.24) is 30.0 Å². The largest absolute Gasteiger partial charge is 0.339 e. The molecule has 140 valence electrons. The van der Waals surface area contributed by atoms with Crippen molar-refractivity contribution in [3.05, 3.63) is 36.2 Å². The van der Waals surface area contributed by atoms with E-state index < -0.39 is 0 Å². The number of tetrazole rings is 1. The lowest BCUT2D eigenvalue weighted by Gasteiger charge is -2.55. The summed E-state index contributed by atoms with van der Waals surface area (Å²) >= 11 is 0. The van der Waals surface area contributed by atoms with Gasteiger partial charge in [0.1, 0.15) is 6.33 Å². The van der Waals surface area contributed by atoms with Crippen LogP contribution in [0.25, 0.3) is 5.69 Å². The quantitative estimate of drug-likeness (QED) is 0.845. The Labute approximate surface area is 155 Å². The lowest BCUT2D eigenvalue weighted by molar-refractivity contribution is -0.0376. The number of rotatable bonds is 3. The number of carbonyl (C=O) groups is 1. The van der Waals surface area contributed by atoms with Gasteiger partial charge in [0, 0.05) is 29.7 Å². The zero-order chi connectivity index (χ0) is 19.1. The van der Waals surface area contributed by atoms with Crippen LogP contribution in [-0.4, -0.2) is 67.1 Å². The predicted octanol–water partition coefficient (Wildman–Crippen LogP) is 2.39. The van der Waals surface area contributed by atoms with Crippen LogP contribution in [0.5, 0.6) is 0 Å². The molecule has 1 amide bonds. The van der Waals surface area contributed by atoms with Crippen molar-refractivity contribution < 1.29 is 4.79 Å². The highest BCUT2D eigenvalue weighted by atomic mass is 16.2. The lowest BCUT2D eigenvalue weighted by Crippen LogP contribution is -2.62. The number of likely N-dealkylation sites (tertiary alicyclic amines) is 1. The van der Waals surface area contributed by atoms with E-state index in [0.717, 1.165) is 18.5 Å². The van der Waals surface area contributed by atoms with Gasteiger partial charge in [-0.25, -0.2) is 4.68 Å². The predicted molar refractivity (Wildman–Crippen MR) is 100 cm³/mol. The Morgan fingerprint density at radius 1 is 1.12 bits per heavy atom. The van der Waals surface area contributed by atoms with Crippen LogP contribution in [0, 0.1) is 0 Å². The Morgan fingerprint density at radius 2 is 1.69 bits per heavy atom. The van der Waals surface area contributed by atoms with E-state index in [1.165, 1.54) is 6.33 Å². The summed E-state index contributed by atoms with van der Waals surface area (Å²) in [5.41, 5.74) is 1.60. The fourth-order valence-electron chi connectivity index (χ4n) is 4.00. The van der Waals surface area contributed by atoms with Crippen LogP contribution < -0.4 is 0 Å². The Kier molecular flexibility index (Phi) is 4.60. The second kappa shape index (κ2) is 6.46. The summed E-state index contributed by atoms with van der Waals surface area (Å²) in [6.45, 7) is 9.00. The summed E-state index contributed by atoms with van der Waals surface area (Å²) in [6.07, 6.45) is 3.45. The molecule has 0 N–H and O–H groups in total. The molecule has 0 radical (unpaired) electrons. The van der Waals surface area contributed by atoms with E-state index in [4.69, 9.17) is 0 Å². The summed E-state index contributed by atoms with van der Waals surface area (Å²) in [5, 5.41) is 11.1. The van der Waals surface area contributed by atoms with Crippen molar-refractivity contribution in [2.75, 3.05) is 14.1 Å². The summed E-state index contributed by atoms with van der Waals surface area (Å²) in [5.74, 6) is 0.0504. The number of aromatic nitrogens is 4. The van der Waals surface area contributed by atoms with Crippen molar-refractivity contribution in [3.63, 3.8) is 0 Å². The van der Waals surface area contributed by atoms with Gasteiger partial charge in [-0.05, 0) is 82.3 Å². The first-order chi connectivity index (χ1) is 12.1. The minimum absolute atomic E-state index is 0.0465. The van der Waals surface area contributed by atoms with Crippen LogP contribution in [0.4, 0.5) is 0 Å². The molecule has 0 unspecified atom stereocenters. The van der Waals surface area contributed by atoms with Crippen molar-refractivity contribution in [2.45, 2.75) is 57.7 Å². The number of nitrogens with zero attached hydrogens (tertiary/aromatic N) is 6. The summed E-state index contributed by atoms with van der Waals surface area (Å²) < 4.78 is 1.57. The van der Waals surface area contributed by atoms with Gasteiger partial charge in [-0.2, -0.15) is 0 Å². The standard InChI is InChI=1S/C19H28N6O/c1-18(2)11-16(12-19(3,4)24(18)6)23(5)17(26)14-7-9-15(10-8-14)25-13-20-21-22-25/h7-10,13,16H,11-12H2,1-6H3. The molecular formula is C19H28N6O. The van der Waals surface area contributed by atoms with E-state index in [-0.39, 0.29) is 23.0 Å². The van der Waals surface area contributed by atoms with Crippen molar-refractivity contribution >= 4 is 5.91 Å². The molecule has 1 saturated heterocycles. The van der Waals surface area contributed by atoms with Gasteiger partial charge < -0.3 is 4.90 Å². The Morgan fingerprint density at radius 3 is 2.19 bits per heavy atom. The van der Waals surface area contributed by atoms with Crippen LogP contribution in [-0.2, 0) is 0 Å². The number of benzene rings is 1. The van der Waals surface area contributed by atoms with Gasteiger partial charge in [0.25, 0.3) is 5.91 Å². The maximum atomic E-state index is 13.0. The highest BCUT2D eigenvalue weighted by Gasteiger charge is 2.44. The van der Waals surface area contributed by atoms with E-state index in [0.29, 0.717) is 5.56 Å². The molecule has 1 fully saturated rings. The molecule has 26 heavy (non-hydrogen) atoms. The average Bonchev–Trinajstić information content (AvgIpc) is 3.12. The fraction of sp³-hybridized carbons (Fsp3) is 0.579. The summed E-state index contributed by atoms with van der Waals surface area (Å²) in [6, 6.07) is 7.60. The Balaban J connectivity index is 1.77. The topological polar surface area (TPSA) is 67.2 Å². The van der Waals surface area contributed by atoms with Crippen LogP contribution in [0.2, 0.25) is 0 Å². The first-order valence-corrected chi connectivity index (χ1v) is 8.96. The maximum absolute atomic E-state index is 13.0. The Hall–Kier alpha value is -2.28. The molecule has 7 nitrogen and oxygen atoms in total. The number of amides is 1. The zero-order valence-electron chi connectivity index (χ0n) is 16.5. The molecule has 0 atom stereocenters.